The van der Waals surface area contributed by atoms with E-state index in [1.165, 1.54) is 4.90 Å². The molecule has 0 aliphatic rings. The van der Waals surface area contributed by atoms with Gasteiger partial charge in [-0.15, -0.1) is 0 Å². The molecule has 30 heavy (non-hydrogen) atoms. The number of rotatable bonds is 5. The fourth-order valence-corrected chi connectivity index (χ4v) is 3.01. The van der Waals surface area contributed by atoms with E-state index in [1.807, 2.05) is 54.1 Å². The van der Waals surface area contributed by atoms with Crippen LogP contribution < -0.4 is 15.5 Å². The van der Waals surface area contributed by atoms with Crippen molar-refractivity contribution in [3.05, 3.63) is 66.5 Å². The highest BCUT2D eigenvalue weighted by molar-refractivity contribution is 6.32. The molecule has 0 spiro atoms. The molecule has 0 bridgehead atoms. The third-order valence-electron chi connectivity index (χ3n) is 4.61. The van der Waals surface area contributed by atoms with Gasteiger partial charge in [0.1, 0.15) is 25.0 Å². The van der Waals surface area contributed by atoms with Crippen LogP contribution in [0.25, 0.3) is 11.0 Å². The maximum absolute atomic E-state index is 12.1. The number of aryl methyl sites for hydroxylation is 1. The van der Waals surface area contributed by atoms with Crippen molar-refractivity contribution in [2.75, 3.05) is 19.4 Å². The van der Waals surface area contributed by atoms with E-state index in [0.717, 1.165) is 16.7 Å². The molecule has 1 N–H and O–H groups in total. The molecule has 2 heterocycles. The van der Waals surface area contributed by atoms with E-state index >= 15 is 0 Å². The first kappa shape index (κ1) is 19.5. The molecule has 0 aliphatic carbocycles. The van der Waals surface area contributed by atoms with Crippen LogP contribution in [0.1, 0.15) is 10.5 Å². The number of anilines is 2. The van der Waals surface area contributed by atoms with Gasteiger partial charge in [0.25, 0.3) is 5.91 Å². The Morgan fingerprint density at radius 2 is 1.80 bits per heavy atom. The lowest BCUT2D eigenvalue weighted by Crippen LogP contribution is -2.22. The summed E-state index contributed by atoms with van der Waals surface area (Å²) in [4.78, 5) is 22.4. The molecule has 148 valence electrons. The predicted molar refractivity (Wildman–Crippen MR) is 118 cm³/mol. The SMILES string of the molecule is [B]c1ccc(Nc2nc3cc(Oc4ccnc(C(=O)N(C)C)c4)ccc3n2C)cc1. The lowest BCUT2D eigenvalue weighted by molar-refractivity contribution is 0.0821. The Morgan fingerprint density at radius 1 is 1.07 bits per heavy atom. The monoisotopic (exact) mass is 397 g/mol. The number of carbonyl (C=O) groups is 1. The second-order valence-electron chi connectivity index (χ2n) is 7.07. The molecule has 7 nitrogen and oxygen atoms in total. The minimum atomic E-state index is -0.181. The Labute approximate surface area is 175 Å². The number of benzene rings is 2. The highest BCUT2D eigenvalue weighted by Gasteiger charge is 2.12. The Hall–Kier alpha value is -3.81. The largest absolute Gasteiger partial charge is 0.457 e. The van der Waals surface area contributed by atoms with E-state index in [1.54, 1.807) is 32.4 Å². The van der Waals surface area contributed by atoms with Crippen molar-refractivity contribution < 1.29 is 9.53 Å². The summed E-state index contributed by atoms with van der Waals surface area (Å²) >= 11 is 0. The van der Waals surface area contributed by atoms with Gasteiger partial charge in [0.2, 0.25) is 5.95 Å². The fourth-order valence-electron chi connectivity index (χ4n) is 3.01. The average molecular weight is 397 g/mol. The van der Waals surface area contributed by atoms with E-state index in [9.17, 15) is 4.79 Å². The molecule has 2 aromatic heterocycles. The van der Waals surface area contributed by atoms with Crippen molar-refractivity contribution in [1.29, 1.82) is 0 Å². The lowest BCUT2D eigenvalue weighted by Gasteiger charge is -2.11. The number of pyridine rings is 1. The van der Waals surface area contributed by atoms with Gasteiger partial charge in [-0.25, -0.2) is 4.98 Å². The van der Waals surface area contributed by atoms with Crippen LogP contribution in [0.2, 0.25) is 0 Å². The van der Waals surface area contributed by atoms with Crippen LogP contribution in [0.4, 0.5) is 11.6 Å². The van der Waals surface area contributed by atoms with Crippen molar-refractivity contribution in [3.8, 4) is 11.5 Å². The first-order chi connectivity index (χ1) is 14.4. The number of imidazole rings is 1. The van der Waals surface area contributed by atoms with Crippen molar-refractivity contribution in [1.82, 2.24) is 19.4 Å². The molecule has 0 saturated heterocycles. The van der Waals surface area contributed by atoms with Crippen LogP contribution in [0.5, 0.6) is 11.5 Å². The molecule has 0 aliphatic heterocycles. The van der Waals surface area contributed by atoms with Gasteiger partial charge in [-0.05, 0) is 30.3 Å². The highest BCUT2D eigenvalue weighted by atomic mass is 16.5. The highest BCUT2D eigenvalue weighted by Crippen LogP contribution is 2.28. The first-order valence-electron chi connectivity index (χ1n) is 9.35. The Bertz CT molecular complexity index is 1220. The predicted octanol–water partition coefficient (Wildman–Crippen LogP) is 3.00. The van der Waals surface area contributed by atoms with E-state index in [2.05, 4.69) is 15.3 Å². The van der Waals surface area contributed by atoms with E-state index in [-0.39, 0.29) is 5.91 Å². The van der Waals surface area contributed by atoms with Gasteiger partial charge in [0.05, 0.1) is 11.0 Å². The molecular weight excluding hydrogens is 377 g/mol. The van der Waals surface area contributed by atoms with Gasteiger partial charge in [0, 0.05) is 45.2 Å². The molecule has 0 saturated carbocycles. The van der Waals surface area contributed by atoms with Gasteiger partial charge >= 0.3 is 0 Å². The van der Waals surface area contributed by atoms with Crippen molar-refractivity contribution in [3.63, 3.8) is 0 Å². The summed E-state index contributed by atoms with van der Waals surface area (Å²) in [6.07, 6.45) is 1.56. The van der Waals surface area contributed by atoms with Gasteiger partial charge in [-0.2, -0.15) is 0 Å². The van der Waals surface area contributed by atoms with Gasteiger partial charge in [-0.3, -0.25) is 9.78 Å². The number of carbonyl (C=O) groups excluding carboxylic acids is 1. The first-order valence-corrected chi connectivity index (χ1v) is 9.35. The molecule has 4 rings (SSSR count). The van der Waals surface area contributed by atoms with Crippen LogP contribution in [0.3, 0.4) is 0 Å². The van der Waals surface area contributed by atoms with Crippen molar-refractivity contribution in [2.24, 2.45) is 7.05 Å². The van der Waals surface area contributed by atoms with E-state index < -0.39 is 0 Å². The van der Waals surface area contributed by atoms with Crippen LogP contribution in [-0.4, -0.2) is 47.3 Å². The van der Waals surface area contributed by atoms with Gasteiger partial charge in [0.15, 0.2) is 0 Å². The lowest BCUT2D eigenvalue weighted by atomic mass is 9.96. The number of ether oxygens (including phenoxy) is 1. The maximum atomic E-state index is 12.1. The molecule has 0 fully saturated rings. The van der Waals surface area contributed by atoms with Crippen LogP contribution in [-0.2, 0) is 7.05 Å². The number of nitrogens with zero attached hydrogens (tertiary/aromatic N) is 4. The topological polar surface area (TPSA) is 72.3 Å². The molecule has 8 heteroatoms. The Morgan fingerprint density at radius 3 is 2.53 bits per heavy atom. The van der Waals surface area contributed by atoms with E-state index in [4.69, 9.17) is 12.6 Å². The molecule has 4 aromatic rings. The molecule has 2 radical (unpaired) electrons. The number of hydrogen-bond acceptors (Lipinski definition) is 5. The normalized spacial score (nSPS) is 10.8. The summed E-state index contributed by atoms with van der Waals surface area (Å²) in [5, 5.41) is 3.29. The third kappa shape index (κ3) is 3.98. The fraction of sp³-hybridized carbons (Fsp3) is 0.136. The average Bonchev–Trinajstić information content (AvgIpc) is 3.04. The van der Waals surface area contributed by atoms with Gasteiger partial charge in [-0.1, -0.05) is 17.6 Å². The van der Waals surface area contributed by atoms with Crippen LogP contribution in [0.15, 0.2) is 60.8 Å². The summed E-state index contributed by atoms with van der Waals surface area (Å²) in [5.41, 5.74) is 3.67. The summed E-state index contributed by atoms with van der Waals surface area (Å²) in [7, 11) is 11.1. The van der Waals surface area contributed by atoms with Crippen molar-refractivity contribution >= 4 is 41.9 Å². The number of aromatic nitrogens is 3. The van der Waals surface area contributed by atoms with Gasteiger partial charge < -0.3 is 19.5 Å². The minimum Gasteiger partial charge on any atom is -0.457 e. The van der Waals surface area contributed by atoms with Crippen LogP contribution >= 0.6 is 0 Å². The summed E-state index contributed by atoms with van der Waals surface area (Å²) in [6, 6.07) is 16.5. The zero-order valence-corrected chi connectivity index (χ0v) is 17.0. The zero-order valence-electron chi connectivity index (χ0n) is 17.0. The minimum absolute atomic E-state index is 0.181. The smallest absolute Gasteiger partial charge is 0.272 e. The molecular formula is C22H20BN5O2. The van der Waals surface area contributed by atoms with E-state index in [0.29, 0.717) is 28.6 Å². The summed E-state index contributed by atoms with van der Waals surface area (Å²) in [6.45, 7) is 0. The van der Waals surface area contributed by atoms with Crippen LogP contribution in [0, 0.1) is 0 Å². The number of fused-ring (bicyclic) bond motifs is 1. The maximum Gasteiger partial charge on any atom is 0.272 e. The summed E-state index contributed by atoms with van der Waals surface area (Å²) in [5.74, 6) is 1.67. The summed E-state index contributed by atoms with van der Waals surface area (Å²) < 4.78 is 7.91. The second kappa shape index (κ2) is 7.90. The molecule has 2 aromatic carbocycles. The van der Waals surface area contributed by atoms with Crippen molar-refractivity contribution in [2.45, 2.75) is 0 Å². The molecule has 0 unspecified atom stereocenters. The number of amides is 1. The standard InChI is InChI=1S/C22H20BN5O2/c1-27(2)21(29)19-13-17(10-11-24-19)30-16-8-9-20-18(12-16)26-22(28(20)3)25-15-6-4-14(23)5-7-15/h4-13H,1-3H3,(H,25,26). The molecule has 1 amide bonds. The quantitative estimate of drug-likeness (QED) is 0.525. The Kier molecular flexibility index (Phi) is 5.14. The zero-order chi connectivity index (χ0) is 21.3. The number of hydrogen-bond donors (Lipinski definition) is 1. The number of nitrogens with one attached hydrogen (secondary N) is 1. The molecule has 0 atom stereocenters. The second-order valence-corrected chi connectivity index (χ2v) is 7.07. The Balaban J connectivity index is 1.59. The third-order valence-corrected chi connectivity index (χ3v) is 4.61.